The van der Waals surface area contributed by atoms with Gasteiger partial charge in [0.1, 0.15) is 0 Å². The third kappa shape index (κ3) is 4.28. The maximum absolute atomic E-state index is 12.0. The van der Waals surface area contributed by atoms with E-state index in [0.29, 0.717) is 24.8 Å². The van der Waals surface area contributed by atoms with Gasteiger partial charge >= 0.3 is 6.09 Å². The average Bonchev–Trinajstić information content (AvgIpc) is 2.33. The zero-order chi connectivity index (χ0) is 13.5. The predicted octanol–water partition coefficient (Wildman–Crippen LogP) is 3.28. The van der Waals surface area contributed by atoms with Gasteiger partial charge in [0.25, 0.3) is 0 Å². The Morgan fingerprint density at radius 3 is 2.72 bits per heavy atom. The number of hydrogen-bond donors (Lipinski definition) is 1. The normalized spacial score (nSPS) is 10.4. The zero-order valence-electron chi connectivity index (χ0n) is 11.3. The lowest BCUT2D eigenvalue weighted by Gasteiger charge is -2.22. The summed E-state index contributed by atoms with van der Waals surface area (Å²) in [5.41, 5.74) is 7.16. The molecule has 0 bridgehead atoms. The number of hydrogen-bond acceptors (Lipinski definition) is 3. The Morgan fingerprint density at radius 2 is 2.17 bits per heavy atom. The van der Waals surface area contributed by atoms with Gasteiger partial charge in [-0.15, -0.1) is 0 Å². The summed E-state index contributed by atoms with van der Waals surface area (Å²) in [6.45, 7) is 7.10. The van der Waals surface area contributed by atoms with E-state index in [-0.39, 0.29) is 6.09 Å². The molecule has 100 valence electrons. The quantitative estimate of drug-likeness (QED) is 0.816. The van der Waals surface area contributed by atoms with E-state index in [4.69, 9.17) is 10.5 Å². The Kier molecular flexibility index (Phi) is 5.49. The van der Waals surface area contributed by atoms with Gasteiger partial charge in [-0.3, -0.25) is 4.90 Å². The molecule has 0 aliphatic heterocycles. The molecule has 0 saturated heterocycles. The molecule has 1 aromatic carbocycles. The summed E-state index contributed by atoms with van der Waals surface area (Å²) in [7, 11) is 0. The minimum Gasteiger partial charge on any atom is -0.449 e. The van der Waals surface area contributed by atoms with Gasteiger partial charge in [-0.1, -0.05) is 26.8 Å². The van der Waals surface area contributed by atoms with Crippen molar-refractivity contribution < 1.29 is 9.53 Å². The maximum atomic E-state index is 12.0. The molecular weight excluding hydrogens is 228 g/mol. The molecule has 0 saturated carbocycles. The first-order valence-electron chi connectivity index (χ1n) is 6.34. The van der Waals surface area contributed by atoms with E-state index in [0.717, 1.165) is 12.1 Å². The van der Waals surface area contributed by atoms with Gasteiger partial charge in [0.2, 0.25) is 0 Å². The summed E-state index contributed by atoms with van der Waals surface area (Å²) < 4.78 is 5.26. The van der Waals surface area contributed by atoms with E-state index in [2.05, 4.69) is 0 Å². The van der Waals surface area contributed by atoms with E-state index < -0.39 is 0 Å². The summed E-state index contributed by atoms with van der Waals surface area (Å²) in [5, 5.41) is 0. The highest BCUT2D eigenvalue weighted by Gasteiger charge is 2.16. The Bertz CT molecular complexity index is 391. The average molecular weight is 250 g/mol. The molecule has 0 atom stereocenters. The van der Waals surface area contributed by atoms with Crippen molar-refractivity contribution in [1.82, 2.24) is 0 Å². The van der Waals surface area contributed by atoms with Crippen LogP contribution in [0.1, 0.15) is 27.2 Å². The van der Waals surface area contributed by atoms with Crippen LogP contribution in [0.3, 0.4) is 0 Å². The molecule has 18 heavy (non-hydrogen) atoms. The first kappa shape index (κ1) is 14.4. The van der Waals surface area contributed by atoms with Crippen LogP contribution in [0.25, 0.3) is 0 Å². The van der Waals surface area contributed by atoms with E-state index >= 15 is 0 Å². The molecular formula is C14H22N2O2. The molecule has 0 aliphatic rings. The summed E-state index contributed by atoms with van der Waals surface area (Å²) in [6, 6.07) is 7.28. The highest BCUT2D eigenvalue weighted by Crippen LogP contribution is 2.19. The van der Waals surface area contributed by atoms with Gasteiger partial charge in [-0.25, -0.2) is 4.79 Å². The van der Waals surface area contributed by atoms with Crippen molar-refractivity contribution in [1.29, 1.82) is 0 Å². The summed E-state index contributed by atoms with van der Waals surface area (Å²) in [4.78, 5) is 13.6. The molecule has 0 fully saturated rings. The lowest BCUT2D eigenvalue weighted by Crippen LogP contribution is -2.33. The lowest BCUT2D eigenvalue weighted by molar-refractivity contribution is 0.140. The number of ether oxygens (including phenoxy) is 1. The molecule has 0 unspecified atom stereocenters. The van der Waals surface area contributed by atoms with Crippen molar-refractivity contribution in [3.63, 3.8) is 0 Å². The second-order valence-corrected chi connectivity index (χ2v) is 4.72. The van der Waals surface area contributed by atoms with E-state index in [1.54, 1.807) is 17.0 Å². The topological polar surface area (TPSA) is 55.6 Å². The smallest absolute Gasteiger partial charge is 0.414 e. The molecule has 0 aromatic heterocycles. The SMILES string of the molecule is CCCN(C(=O)OCC(C)C)c1cccc(N)c1. The van der Waals surface area contributed by atoms with Gasteiger partial charge in [0.05, 0.1) is 6.61 Å². The van der Waals surface area contributed by atoms with Gasteiger partial charge in [0, 0.05) is 17.9 Å². The van der Waals surface area contributed by atoms with E-state index in [1.165, 1.54) is 0 Å². The van der Waals surface area contributed by atoms with E-state index in [9.17, 15) is 4.79 Å². The largest absolute Gasteiger partial charge is 0.449 e. The van der Waals surface area contributed by atoms with Crippen LogP contribution < -0.4 is 10.6 Å². The van der Waals surface area contributed by atoms with E-state index in [1.807, 2.05) is 32.9 Å². The number of nitrogens with two attached hydrogens (primary N) is 1. The zero-order valence-corrected chi connectivity index (χ0v) is 11.3. The van der Waals surface area contributed by atoms with Gasteiger partial charge in [-0.2, -0.15) is 0 Å². The first-order valence-corrected chi connectivity index (χ1v) is 6.34. The van der Waals surface area contributed by atoms with Crippen molar-refractivity contribution in [3.8, 4) is 0 Å². The van der Waals surface area contributed by atoms with Gasteiger partial charge < -0.3 is 10.5 Å². The van der Waals surface area contributed by atoms with Crippen LogP contribution in [-0.2, 0) is 4.74 Å². The summed E-state index contributed by atoms with van der Waals surface area (Å²) in [6.07, 6.45) is 0.558. The number of amides is 1. The predicted molar refractivity (Wildman–Crippen MR) is 74.7 cm³/mol. The van der Waals surface area contributed by atoms with Crippen molar-refractivity contribution in [3.05, 3.63) is 24.3 Å². The van der Waals surface area contributed by atoms with Crippen LogP contribution in [0.2, 0.25) is 0 Å². The maximum Gasteiger partial charge on any atom is 0.414 e. The molecule has 2 N–H and O–H groups in total. The Hall–Kier alpha value is -1.71. The third-order valence-corrected chi connectivity index (χ3v) is 2.39. The van der Waals surface area contributed by atoms with Gasteiger partial charge in [-0.05, 0) is 30.5 Å². The number of nitrogens with zero attached hydrogens (tertiary/aromatic N) is 1. The number of carbonyl (C=O) groups excluding carboxylic acids is 1. The fraction of sp³-hybridized carbons (Fsp3) is 0.500. The number of rotatable bonds is 5. The highest BCUT2D eigenvalue weighted by atomic mass is 16.6. The van der Waals surface area contributed by atoms with Crippen LogP contribution in [-0.4, -0.2) is 19.2 Å². The molecule has 0 aliphatic carbocycles. The van der Waals surface area contributed by atoms with Crippen molar-refractivity contribution in [2.24, 2.45) is 5.92 Å². The monoisotopic (exact) mass is 250 g/mol. The fourth-order valence-corrected chi connectivity index (χ4v) is 1.56. The van der Waals surface area contributed by atoms with Crippen molar-refractivity contribution in [2.75, 3.05) is 23.8 Å². The summed E-state index contributed by atoms with van der Waals surface area (Å²) >= 11 is 0. The number of carbonyl (C=O) groups is 1. The van der Waals surface area contributed by atoms with Crippen LogP contribution in [0.4, 0.5) is 16.2 Å². The standard InChI is InChI=1S/C14H22N2O2/c1-4-8-16(14(17)18-10-11(2)3)13-7-5-6-12(15)9-13/h5-7,9,11H,4,8,10,15H2,1-3H3. The number of benzene rings is 1. The van der Waals surface area contributed by atoms with Crippen molar-refractivity contribution >= 4 is 17.5 Å². The molecule has 0 radical (unpaired) electrons. The van der Waals surface area contributed by atoms with Gasteiger partial charge in [0.15, 0.2) is 0 Å². The summed E-state index contributed by atoms with van der Waals surface area (Å²) in [5.74, 6) is 0.332. The molecule has 1 aromatic rings. The molecule has 4 heteroatoms. The molecule has 1 amide bonds. The van der Waals surface area contributed by atoms with Crippen LogP contribution in [0, 0.1) is 5.92 Å². The second kappa shape index (κ2) is 6.89. The number of nitrogen functional groups attached to an aromatic ring is 1. The molecule has 0 spiro atoms. The second-order valence-electron chi connectivity index (χ2n) is 4.72. The van der Waals surface area contributed by atoms with Crippen LogP contribution >= 0.6 is 0 Å². The molecule has 4 nitrogen and oxygen atoms in total. The minimum atomic E-state index is -0.309. The Morgan fingerprint density at radius 1 is 1.44 bits per heavy atom. The molecule has 0 heterocycles. The lowest BCUT2D eigenvalue weighted by atomic mass is 10.2. The first-order chi connectivity index (χ1) is 8.54. The highest BCUT2D eigenvalue weighted by molar-refractivity contribution is 5.88. The third-order valence-electron chi connectivity index (χ3n) is 2.39. The van der Waals surface area contributed by atoms with Crippen LogP contribution in [0.5, 0.6) is 0 Å². The molecule has 1 rings (SSSR count). The van der Waals surface area contributed by atoms with Crippen molar-refractivity contribution in [2.45, 2.75) is 27.2 Å². The van der Waals surface area contributed by atoms with Crippen LogP contribution in [0.15, 0.2) is 24.3 Å². The fourth-order valence-electron chi connectivity index (χ4n) is 1.56. The number of anilines is 2. The Balaban J connectivity index is 2.78. The minimum absolute atomic E-state index is 0.309. The Labute approximate surface area is 109 Å².